The SMILES string of the molecule is CCCCC(=O)N=C1SC2CS(=O)(=O)CC2N1c1ccc2c(c1)OCO2. The summed E-state index contributed by atoms with van der Waals surface area (Å²) >= 11 is 1.39. The Balaban J connectivity index is 1.68. The van der Waals surface area contributed by atoms with Gasteiger partial charge in [0.1, 0.15) is 0 Å². The van der Waals surface area contributed by atoms with E-state index in [1.54, 1.807) is 6.07 Å². The maximum absolute atomic E-state index is 12.2. The molecule has 0 aliphatic carbocycles. The Labute approximate surface area is 156 Å². The quantitative estimate of drug-likeness (QED) is 0.771. The van der Waals surface area contributed by atoms with Crippen LogP contribution in [-0.4, -0.2) is 49.1 Å². The standard InChI is InChI=1S/C17H20N2O5S2/c1-2-3-4-16(20)18-17-19(12-8-26(21,22)9-15(12)25-17)11-5-6-13-14(7-11)24-10-23-13/h5-7,12,15H,2-4,8-10H2,1H3. The number of benzene rings is 1. The van der Waals surface area contributed by atoms with E-state index in [0.717, 1.165) is 18.5 Å². The number of fused-ring (bicyclic) bond motifs is 2. The molecule has 2 unspecified atom stereocenters. The number of aliphatic imine (C=N–C) groups is 1. The second-order valence-electron chi connectivity index (χ2n) is 6.60. The lowest BCUT2D eigenvalue weighted by molar-refractivity contribution is -0.117. The highest BCUT2D eigenvalue weighted by atomic mass is 32.2. The molecule has 0 aromatic heterocycles. The number of rotatable bonds is 4. The van der Waals surface area contributed by atoms with Crippen LogP contribution in [-0.2, 0) is 14.6 Å². The molecule has 140 valence electrons. The van der Waals surface area contributed by atoms with Crippen molar-refractivity contribution in [2.24, 2.45) is 4.99 Å². The molecule has 2 fully saturated rings. The lowest BCUT2D eigenvalue weighted by Gasteiger charge is -2.24. The molecular weight excluding hydrogens is 376 g/mol. The van der Waals surface area contributed by atoms with Gasteiger partial charge in [-0.3, -0.25) is 4.79 Å². The summed E-state index contributed by atoms with van der Waals surface area (Å²) in [5.74, 6) is 1.30. The zero-order valence-corrected chi connectivity index (χ0v) is 16.0. The van der Waals surface area contributed by atoms with Gasteiger partial charge in [0.25, 0.3) is 0 Å². The largest absolute Gasteiger partial charge is 0.454 e. The summed E-state index contributed by atoms with van der Waals surface area (Å²) in [4.78, 5) is 18.4. The van der Waals surface area contributed by atoms with Crippen molar-refractivity contribution >= 4 is 38.4 Å². The van der Waals surface area contributed by atoms with Crippen LogP contribution in [0.1, 0.15) is 26.2 Å². The molecule has 3 aliphatic heterocycles. The van der Waals surface area contributed by atoms with E-state index in [-0.39, 0.29) is 35.5 Å². The second-order valence-corrected chi connectivity index (χ2v) is 9.96. The number of anilines is 1. The van der Waals surface area contributed by atoms with Gasteiger partial charge in [-0.15, -0.1) is 0 Å². The van der Waals surface area contributed by atoms with E-state index in [2.05, 4.69) is 4.99 Å². The zero-order chi connectivity index (χ0) is 18.3. The molecule has 3 aliphatic rings. The monoisotopic (exact) mass is 396 g/mol. The van der Waals surface area contributed by atoms with Crippen molar-refractivity contribution in [3.63, 3.8) is 0 Å². The number of sulfone groups is 1. The number of carbonyl (C=O) groups excluding carboxylic acids is 1. The number of carbonyl (C=O) groups is 1. The first kappa shape index (κ1) is 17.7. The fraction of sp³-hybridized carbons (Fsp3) is 0.529. The summed E-state index contributed by atoms with van der Waals surface area (Å²) in [7, 11) is -3.08. The van der Waals surface area contributed by atoms with Crippen LogP contribution < -0.4 is 14.4 Å². The minimum absolute atomic E-state index is 0.0707. The Hall–Kier alpha value is -1.74. The summed E-state index contributed by atoms with van der Waals surface area (Å²) in [6.07, 6.45) is 2.13. The Morgan fingerprint density at radius 2 is 2.12 bits per heavy atom. The highest BCUT2D eigenvalue weighted by Crippen LogP contribution is 2.43. The van der Waals surface area contributed by atoms with Crippen molar-refractivity contribution in [3.8, 4) is 11.5 Å². The van der Waals surface area contributed by atoms with E-state index in [9.17, 15) is 13.2 Å². The van der Waals surface area contributed by atoms with Gasteiger partial charge in [0.15, 0.2) is 26.5 Å². The van der Waals surface area contributed by atoms with Crippen molar-refractivity contribution in [2.45, 2.75) is 37.5 Å². The van der Waals surface area contributed by atoms with Gasteiger partial charge in [0.05, 0.1) is 17.5 Å². The third-order valence-electron chi connectivity index (χ3n) is 4.67. The minimum Gasteiger partial charge on any atom is -0.454 e. The number of thioether (sulfide) groups is 1. The molecule has 0 spiro atoms. The van der Waals surface area contributed by atoms with Crippen molar-refractivity contribution in [1.29, 1.82) is 0 Å². The summed E-state index contributed by atoms with van der Waals surface area (Å²) < 4.78 is 35.0. The van der Waals surface area contributed by atoms with E-state index < -0.39 is 9.84 Å². The van der Waals surface area contributed by atoms with Crippen molar-refractivity contribution in [1.82, 2.24) is 0 Å². The second kappa shape index (κ2) is 6.77. The smallest absolute Gasteiger partial charge is 0.248 e. The molecule has 0 bridgehead atoms. The lowest BCUT2D eigenvalue weighted by Crippen LogP contribution is -2.37. The normalized spacial score (nSPS) is 27.1. The summed E-state index contributed by atoms with van der Waals surface area (Å²) in [5, 5.41) is 0.470. The molecule has 2 atom stereocenters. The van der Waals surface area contributed by atoms with Crippen molar-refractivity contribution in [3.05, 3.63) is 18.2 Å². The maximum atomic E-state index is 12.2. The van der Waals surface area contributed by atoms with Gasteiger partial charge in [-0.2, -0.15) is 4.99 Å². The number of nitrogens with zero attached hydrogens (tertiary/aromatic N) is 2. The van der Waals surface area contributed by atoms with Crippen LogP contribution in [0.3, 0.4) is 0 Å². The Morgan fingerprint density at radius 3 is 2.92 bits per heavy atom. The van der Waals surface area contributed by atoms with Gasteiger partial charge in [0.2, 0.25) is 12.7 Å². The van der Waals surface area contributed by atoms with Crippen LogP contribution in [0, 0.1) is 0 Å². The van der Waals surface area contributed by atoms with Gasteiger partial charge < -0.3 is 14.4 Å². The molecule has 0 N–H and O–H groups in total. The van der Waals surface area contributed by atoms with E-state index >= 15 is 0 Å². The lowest BCUT2D eigenvalue weighted by atomic mass is 10.2. The van der Waals surface area contributed by atoms with E-state index in [4.69, 9.17) is 9.47 Å². The number of ether oxygens (including phenoxy) is 2. The van der Waals surface area contributed by atoms with Crippen LogP contribution in [0.2, 0.25) is 0 Å². The van der Waals surface area contributed by atoms with Crippen LogP contribution in [0.15, 0.2) is 23.2 Å². The van der Waals surface area contributed by atoms with Crippen molar-refractivity contribution in [2.75, 3.05) is 23.2 Å². The third-order valence-corrected chi connectivity index (χ3v) is 7.88. The molecule has 1 aromatic rings. The summed E-state index contributed by atoms with van der Waals surface area (Å²) in [5.41, 5.74) is 0.772. The van der Waals surface area contributed by atoms with Crippen LogP contribution >= 0.6 is 11.8 Å². The predicted molar refractivity (Wildman–Crippen MR) is 101 cm³/mol. The number of amidine groups is 1. The first-order valence-corrected chi connectivity index (χ1v) is 11.3. The molecule has 9 heteroatoms. The Bertz CT molecular complexity index is 868. The Kier molecular flexibility index (Phi) is 4.60. The fourth-order valence-electron chi connectivity index (χ4n) is 3.39. The molecular formula is C17H20N2O5S2. The number of unbranched alkanes of at least 4 members (excludes halogenated alkanes) is 1. The number of hydrogen-bond acceptors (Lipinski definition) is 6. The van der Waals surface area contributed by atoms with Crippen molar-refractivity contribution < 1.29 is 22.7 Å². The van der Waals surface area contributed by atoms with Crippen LogP contribution in [0.4, 0.5) is 5.69 Å². The van der Waals surface area contributed by atoms with Gasteiger partial charge in [-0.05, 0) is 18.6 Å². The summed E-state index contributed by atoms with van der Waals surface area (Å²) in [6, 6.07) is 5.26. The molecule has 0 radical (unpaired) electrons. The first-order chi connectivity index (χ1) is 12.5. The average molecular weight is 396 g/mol. The highest BCUT2D eigenvalue weighted by molar-refractivity contribution is 8.16. The molecule has 2 saturated heterocycles. The predicted octanol–water partition coefficient (Wildman–Crippen LogP) is 2.21. The van der Waals surface area contributed by atoms with Gasteiger partial charge in [0, 0.05) is 23.4 Å². The molecule has 26 heavy (non-hydrogen) atoms. The van der Waals surface area contributed by atoms with Gasteiger partial charge in [-0.25, -0.2) is 8.42 Å². The molecule has 4 rings (SSSR count). The highest BCUT2D eigenvalue weighted by Gasteiger charge is 2.49. The van der Waals surface area contributed by atoms with Crippen LogP contribution in [0.5, 0.6) is 11.5 Å². The maximum Gasteiger partial charge on any atom is 0.248 e. The molecule has 1 amide bonds. The fourth-order valence-corrected chi connectivity index (χ4v) is 7.32. The molecule has 0 saturated carbocycles. The molecule has 3 heterocycles. The molecule has 1 aromatic carbocycles. The average Bonchev–Trinajstić information content (AvgIpc) is 3.24. The van der Waals surface area contributed by atoms with E-state index in [1.807, 2.05) is 24.0 Å². The van der Waals surface area contributed by atoms with Gasteiger partial charge in [-0.1, -0.05) is 25.1 Å². The minimum atomic E-state index is -3.08. The number of amides is 1. The molecule has 7 nitrogen and oxygen atoms in total. The van der Waals surface area contributed by atoms with E-state index in [1.165, 1.54) is 11.8 Å². The number of hydrogen-bond donors (Lipinski definition) is 0. The third kappa shape index (κ3) is 3.29. The Morgan fingerprint density at radius 1 is 1.31 bits per heavy atom. The zero-order valence-electron chi connectivity index (χ0n) is 14.4. The topological polar surface area (TPSA) is 85.3 Å². The summed E-state index contributed by atoms with van der Waals surface area (Å²) in [6.45, 7) is 2.20. The van der Waals surface area contributed by atoms with E-state index in [0.29, 0.717) is 23.1 Å². The van der Waals surface area contributed by atoms with Crippen LogP contribution in [0.25, 0.3) is 0 Å². The van der Waals surface area contributed by atoms with Gasteiger partial charge >= 0.3 is 0 Å². The first-order valence-electron chi connectivity index (χ1n) is 8.64.